The number of para-hydroxylation sites is 1. The van der Waals surface area contributed by atoms with E-state index >= 15 is 0 Å². The van der Waals surface area contributed by atoms with Crippen LogP contribution in [-0.4, -0.2) is 27.3 Å². The quantitative estimate of drug-likeness (QED) is 0.245. The Morgan fingerprint density at radius 3 is 2.54 bits per heavy atom. The van der Waals surface area contributed by atoms with Gasteiger partial charge in [-0.1, -0.05) is 53.5 Å². The second-order valence-electron chi connectivity index (χ2n) is 8.99. The van der Waals surface area contributed by atoms with Crippen LogP contribution in [-0.2, 0) is 11.4 Å². The van der Waals surface area contributed by atoms with E-state index in [1.54, 1.807) is 22.9 Å². The first kappa shape index (κ1) is 26.6. The first-order chi connectivity index (χ1) is 18.9. The minimum Gasteiger partial charge on any atom is -0.490 e. The average Bonchev–Trinajstić information content (AvgIpc) is 3.38. The Hall–Kier alpha value is -4.01. The van der Waals surface area contributed by atoms with Crippen molar-refractivity contribution in [1.82, 2.24) is 14.8 Å². The van der Waals surface area contributed by atoms with Crippen molar-refractivity contribution in [2.75, 3.05) is 17.2 Å². The normalized spacial score (nSPS) is 14.4. The van der Waals surface area contributed by atoms with Crippen molar-refractivity contribution >= 4 is 40.7 Å². The van der Waals surface area contributed by atoms with Crippen LogP contribution < -0.4 is 20.1 Å². The van der Waals surface area contributed by atoms with Crippen molar-refractivity contribution < 1.29 is 14.3 Å². The number of hydrogen-bond acceptors (Lipinski definition) is 6. The number of carbonyl (C=O) groups is 1. The van der Waals surface area contributed by atoms with E-state index in [-0.39, 0.29) is 12.5 Å². The zero-order valence-corrected chi connectivity index (χ0v) is 23.2. The predicted molar refractivity (Wildman–Crippen MR) is 153 cm³/mol. The van der Waals surface area contributed by atoms with Crippen molar-refractivity contribution in [3.05, 3.63) is 105 Å². The van der Waals surface area contributed by atoms with Crippen LogP contribution in [0.1, 0.15) is 36.6 Å². The molecule has 0 radical (unpaired) electrons. The number of aromatic nitrogens is 3. The number of halogens is 2. The van der Waals surface area contributed by atoms with Crippen LogP contribution >= 0.6 is 23.2 Å². The van der Waals surface area contributed by atoms with Gasteiger partial charge in [0.2, 0.25) is 5.95 Å². The Bertz CT molecular complexity index is 1550. The maximum absolute atomic E-state index is 13.7. The summed E-state index contributed by atoms with van der Waals surface area (Å²) >= 11 is 12.7. The van der Waals surface area contributed by atoms with Gasteiger partial charge in [0.05, 0.1) is 12.2 Å². The van der Waals surface area contributed by atoms with E-state index in [0.717, 1.165) is 16.8 Å². The Kier molecular flexibility index (Phi) is 7.77. The number of amides is 1. The van der Waals surface area contributed by atoms with E-state index in [4.69, 9.17) is 32.7 Å². The van der Waals surface area contributed by atoms with Crippen molar-refractivity contribution in [1.29, 1.82) is 0 Å². The topological polar surface area (TPSA) is 90.3 Å². The van der Waals surface area contributed by atoms with E-state index in [2.05, 4.69) is 20.7 Å². The number of rotatable bonds is 8. The van der Waals surface area contributed by atoms with Crippen molar-refractivity contribution in [3.8, 4) is 11.5 Å². The van der Waals surface area contributed by atoms with Gasteiger partial charge >= 0.3 is 0 Å². The number of carbonyl (C=O) groups excluding carboxylic acids is 1. The number of fused-ring (bicyclic) bond motifs is 1. The molecule has 2 heterocycles. The minimum absolute atomic E-state index is 0.168. The van der Waals surface area contributed by atoms with Crippen LogP contribution in [0.3, 0.4) is 0 Å². The van der Waals surface area contributed by atoms with Gasteiger partial charge in [0.15, 0.2) is 11.5 Å². The van der Waals surface area contributed by atoms with Crippen LogP contribution in [0, 0.1) is 6.92 Å². The second-order valence-corrected chi connectivity index (χ2v) is 9.81. The van der Waals surface area contributed by atoms with Crippen LogP contribution in [0.5, 0.6) is 11.5 Å². The van der Waals surface area contributed by atoms with Gasteiger partial charge in [-0.25, -0.2) is 4.68 Å². The molecule has 0 bridgehead atoms. The van der Waals surface area contributed by atoms with E-state index < -0.39 is 6.04 Å². The molecule has 200 valence electrons. The second kappa shape index (κ2) is 11.4. The molecule has 2 N–H and O–H groups in total. The number of benzene rings is 3. The van der Waals surface area contributed by atoms with Gasteiger partial charge in [-0.15, -0.1) is 0 Å². The molecule has 0 saturated carbocycles. The lowest BCUT2D eigenvalue weighted by Gasteiger charge is -2.29. The average molecular weight is 564 g/mol. The van der Waals surface area contributed by atoms with E-state index in [1.165, 1.54) is 6.33 Å². The molecule has 0 aliphatic carbocycles. The van der Waals surface area contributed by atoms with Gasteiger partial charge in [-0.3, -0.25) is 4.79 Å². The minimum atomic E-state index is -0.556. The maximum atomic E-state index is 13.7. The van der Waals surface area contributed by atoms with Gasteiger partial charge in [0.25, 0.3) is 5.91 Å². The summed E-state index contributed by atoms with van der Waals surface area (Å²) in [6, 6.07) is 18.0. The lowest BCUT2D eigenvalue weighted by atomic mass is 9.94. The first-order valence-electron chi connectivity index (χ1n) is 12.4. The van der Waals surface area contributed by atoms with E-state index in [0.29, 0.717) is 50.9 Å². The summed E-state index contributed by atoms with van der Waals surface area (Å²) in [4.78, 5) is 18.0. The smallest absolute Gasteiger partial charge is 0.255 e. The van der Waals surface area contributed by atoms with Crippen LogP contribution in [0.15, 0.2) is 78.3 Å². The van der Waals surface area contributed by atoms with Crippen molar-refractivity contribution in [3.63, 3.8) is 0 Å². The summed E-state index contributed by atoms with van der Waals surface area (Å²) in [5.41, 5.74) is 4.36. The molecule has 1 aromatic heterocycles. The molecule has 1 aliphatic heterocycles. The molecule has 0 unspecified atom stereocenters. The molecule has 10 heteroatoms. The van der Waals surface area contributed by atoms with Crippen LogP contribution in [0.25, 0.3) is 0 Å². The monoisotopic (exact) mass is 563 g/mol. The van der Waals surface area contributed by atoms with Gasteiger partial charge in [0, 0.05) is 27.0 Å². The van der Waals surface area contributed by atoms with E-state index in [9.17, 15) is 4.79 Å². The number of nitrogens with zero attached hydrogens (tertiary/aromatic N) is 3. The standard InChI is InChI=1S/C29H27Cl2N5O3/c1-4-38-25-14-19(12-13-24(25)39-15-20-21(30)9-7-10-22(20)31)27-26(18(3)34-29-32-16-33-36(27)29)28(37)35-23-11-6-5-8-17(23)2/h5-14,16,27H,4,15H2,1-3H3,(H,35,37)(H,32,33,34)/t27-/m1/s1. The SMILES string of the molecule is CCOc1cc([C@@H]2C(C(=O)Nc3ccccc3C)=C(C)Nc3ncnn32)ccc1OCc1c(Cl)cccc1Cl. The van der Waals surface area contributed by atoms with Gasteiger partial charge in [0.1, 0.15) is 19.0 Å². The Morgan fingerprint density at radius 1 is 1.03 bits per heavy atom. The fourth-order valence-corrected chi connectivity index (χ4v) is 5.01. The zero-order valence-electron chi connectivity index (χ0n) is 21.7. The lowest BCUT2D eigenvalue weighted by molar-refractivity contribution is -0.113. The maximum Gasteiger partial charge on any atom is 0.255 e. The number of nitrogens with one attached hydrogen (secondary N) is 2. The highest BCUT2D eigenvalue weighted by Crippen LogP contribution is 2.39. The third-order valence-corrected chi connectivity index (χ3v) is 7.16. The summed E-state index contributed by atoms with van der Waals surface area (Å²) in [6.07, 6.45) is 1.46. The summed E-state index contributed by atoms with van der Waals surface area (Å²) in [7, 11) is 0. The van der Waals surface area contributed by atoms with Gasteiger partial charge in [-0.05, 0) is 62.2 Å². The molecule has 4 aromatic rings. The predicted octanol–water partition coefficient (Wildman–Crippen LogP) is 6.80. The summed E-state index contributed by atoms with van der Waals surface area (Å²) in [5.74, 6) is 1.34. The van der Waals surface area contributed by atoms with Crippen molar-refractivity contribution in [2.24, 2.45) is 0 Å². The highest BCUT2D eigenvalue weighted by molar-refractivity contribution is 6.35. The molecule has 1 amide bonds. The number of allylic oxidation sites excluding steroid dienone is 1. The van der Waals surface area contributed by atoms with E-state index in [1.807, 2.05) is 63.2 Å². The first-order valence-corrected chi connectivity index (χ1v) is 13.2. The molecule has 0 spiro atoms. The zero-order chi connectivity index (χ0) is 27.5. The molecule has 3 aromatic carbocycles. The molecule has 0 fully saturated rings. The summed E-state index contributed by atoms with van der Waals surface area (Å²) < 4.78 is 13.7. The molecule has 5 rings (SSSR count). The third kappa shape index (κ3) is 5.44. The molecular formula is C29H27Cl2N5O3. The Morgan fingerprint density at radius 2 is 1.79 bits per heavy atom. The van der Waals surface area contributed by atoms with Crippen LogP contribution in [0.2, 0.25) is 10.0 Å². The summed E-state index contributed by atoms with van der Waals surface area (Å²) in [5, 5.41) is 11.7. The molecule has 0 saturated heterocycles. The Balaban J connectivity index is 1.51. The number of aryl methyl sites for hydroxylation is 1. The fraction of sp³-hybridized carbons (Fsp3) is 0.207. The third-order valence-electron chi connectivity index (χ3n) is 6.45. The molecule has 1 atom stereocenters. The van der Waals surface area contributed by atoms with Gasteiger partial charge < -0.3 is 20.1 Å². The fourth-order valence-electron chi connectivity index (χ4n) is 4.50. The molecular weight excluding hydrogens is 537 g/mol. The molecule has 1 aliphatic rings. The number of ether oxygens (including phenoxy) is 2. The summed E-state index contributed by atoms with van der Waals surface area (Å²) in [6.45, 7) is 6.29. The van der Waals surface area contributed by atoms with Crippen molar-refractivity contribution in [2.45, 2.75) is 33.4 Å². The largest absolute Gasteiger partial charge is 0.490 e. The van der Waals surface area contributed by atoms with Gasteiger partial charge in [-0.2, -0.15) is 10.1 Å². The highest BCUT2D eigenvalue weighted by Gasteiger charge is 2.34. The highest BCUT2D eigenvalue weighted by atomic mass is 35.5. The number of anilines is 2. The number of hydrogen-bond donors (Lipinski definition) is 2. The molecule has 8 nitrogen and oxygen atoms in total. The lowest BCUT2D eigenvalue weighted by Crippen LogP contribution is -2.31. The Labute approximate surface area is 236 Å². The molecule has 39 heavy (non-hydrogen) atoms. The van der Waals surface area contributed by atoms with Crippen LogP contribution in [0.4, 0.5) is 11.6 Å².